The van der Waals surface area contributed by atoms with Crippen LogP contribution in [-0.4, -0.2) is 37.1 Å². The second kappa shape index (κ2) is 11.5. The number of carbonyl (C=O) groups excluding carboxylic acids is 1. The quantitative estimate of drug-likeness (QED) is 0.442. The summed E-state index contributed by atoms with van der Waals surface area (Å²) in [5.41, 5.74) is 2.36. The van der Waals surface area contributed by atoms with Gasteiger partial charge in [-0.1, -0.05) is 48.5 Å². The van der Waals surface area contributed by atoms with Crippen LogP contribution in [-0.2, 0) is 20.7 Å². The van der Waals surface area contributed by atoms with Crippen LogP contribution in [0.3, 0.4) is 0 Å². The van der Waals surface area contributed by atoms with E-state index < -0.39 is 6.29 Å². The molecule has 4 rings (SSSR count). The van der Waals surface area contributed by atoms with Gasteiger partial charge in [-0.3, -0.25) is 4.79 Å². The first-order valence-electron chi connectivity index (χ1n) is 11.6. The van der Waals surface area contributed by atoms with Gasteiger partial charge in [0.15, 0.2) is 5.76 Å². The van der Waals surface area contributed by atoms with E-state index in [1.165, 1.54) is 21.2 Å². The maximum Gasteiger partial charge on any atom is 0.286 e. The third-order valence-corrected chi connectivity index (χ3v) is 7.03. The van der Waals surface area contributed by atoms with Crippen LogP contribution >= 0.6 is 11.3 Å². The van der Waals surface area contributed by atoms with Gasteiger partial charge in [-0.2, -0.15) is 0 Å². The fraction of sp³-hybridized carbons (Fsp3) is 0.370. The third-order valence-electron chi connectivity index (χ3n) is 6.05. The summed E-state index contributed by atoms with van der Waals surface area (Å²) in [6.45, 7) is 3.06. The molecule has 3 aromatic rings. The summed E-state index contributed by atoms with van der Waals surface area (Å²) in [6, 6.07) is 18.4. The molecule has 5 nitrogen and oxygen atoms in total. The highest BCUT2D eigenvalue weighted by Crippen LogP contribution is 2.43. The minimum absolute atomic E-state index is 0.0102. The Balaban J connectivity index is 1.59. The van der Waals surface area contributed by atoms with Crippen LogP contribution in [0.25, 0.3) is 10.1 Å². The highest BCUT2D eigenvalue weighted by Gasteiger charge is 2.38. The molecule has 0 saturated heterocycles. The fourth-order valence-electron chi connectivity index (χ4n) is 4.43. The zero-order chi connectivity index (χ0) is 23.0. The van der Waals surface area contributed by atoms with Gasteiger partial charge >= 0.3 is 0 Å². The van der Waals surface area contributed by atoms with Gasteiger partial charge in [-0.15, -0.1) is 11.3 Å². The summed E-state index contributed by atoms with van der Waals surface area (Å²) in [4.78, 5) is 13.0. The molecule has 6 heteroatoms. The molecule has 33 heavy (non-hydrogen) atoms. The maximum absolute atomic E-state index is 13.0. The van der Waals surface area contributed by atoms with Gasteiger partial charge in [0.25, 0.3) is 5.91 Å². The van der Waals surface area contributed by atoms with Crippen molar-refractivity contribution in [3.63, 3.8) is 0 Å². The lowest BCUT2D eigenvalue weighted by Gasteiger charge is -2.36. The zero-order valence-electron chi connectivity index (χ0n) is 18.9. The molecular formula is C27H31NO4S. The van der Waals surface area contributed by atoms with E-state index in [-0.39, 0.29) is 24.3 Å². The highest BCUT2D eigenvalue weighted by atomic mass is 32.1. The minimum Gasteiger partial charge on any atom is -0.459 e. The smallest absolute Gasteiger partial charge is 0.286 e. The molecule has 174 valence electrons. The number of allylic oxidation sites excluding steroid dienone is 1. The standard InChI is InChI=1S/C27H31NO4S/c1-2-31-27-21(12-8-16-29)22(23-18-33-25-13-7-6-11-20(23)25)17-24(32-27)26(30)28-15-14-19-9-4-3-5-10-19/h3-7,9-11,13,17-18,21-22,27,29H,2,8,12,14-16H2,1H3,(H,28,30)/t21-,22+,27-/m1/s1. The van der Waals surface area contributed by atoms with E-state index in [1.54, 1.807) is 11.3 Å². The minimum atomic E-state index is -0.537. The Labute approximate surface area is 199 Å². The van der Waals surface area contributed by atoms with Gasteiger partial charge in [0.05, 0.1) is 0 Å². The van der Waals surface area contributed by atoms with E-state index in [1.807, 2.05) is 43.3 Å². The van der Waals surface area contributed by atoms with Crippen LogP contribution < -0.4 is 5.32 Å². The second-order valence-corrected chi connectivity index (χ2v) is 9.12. The number of fused-ring (bicyclic) bond motifs is 1. The molecule has 3 atom stereocenters. The molecule has 0 saturated carbocycles. The third kappa shape index (κ3) is 5.64. The predicted molar refractivity (Wildman–Crippen MR) is 132 cm³/mol. The first-order chi connectivity index (χ1) is 16.2. The lowest BCUT2D eigenvalue weighted by molar-refractivity contribution is -0.166. The number of hydrogen-bond donors (Lipinski definition) is 2. The van der Waals surface area contributed by atoms with E-state index in [0.29, 0.717) is 25.3 Å². The summed E-state index contributed by atoms with van der Waals surface area (Å²) in [7, 11) is 0. The number of rotatable bonds is 10. The van der Waals surface area contributed by atoms with E-state index in [0.717, 1.165) is 12.8 Å². The first kappa shape index (κ1) is 23.5. The average molecular weight is 466 g/mol. The van der Waals surface area contributed by atoms with Crippen LogP contribution in [0.1, 0.15) is 36.8 Å². The SMILES string of the molecule is CCO[C@@H]1OC(C(=O)NCCc2ccccc2)=C[C@H](c2csc3ccccc23)[C@H]1CCCO. The van der Waals surface area contributed by atoms with Crippen molar-refractivity contribution in [1.29, 1.82) is 0 Å². The number of benzene rings is 2. The number of carbonyl (C=O) groups is 1. The summed E-state index contributed by atoms with van der Waals surface area (Å²) >= 11 is 1.71. The number of hydrogen-bond acceptors (Lipinski definition) is 5. The van der Waals surface area contributed by atoms with Crippen molar-refractivity contribution in [2.45, 2.75) is 38.4 Å². The largest absolute Gasteiger partial charge is 0.459 e. The number of thiophene rings is 1. The van der Waals surface area contributed by atoms with Gasteiger partial charge in [0.1, 0.15) is 0 Å². The summed E-state index contributed by atoms with van der Waals surface area (Å²) in [6.07, 6.45) is 3.57. The molecule has 2 heterocycles. The summed E-state index contributed by atoms with van der Waals surface area (Å²) in [5.74, 6) is 0.0617. The first-order valence-corrected chi connectivity index (χ1v) is 12.5. The highest BCUT2D eigenvalue weighted by molar-refractivity contribution is 7.17. The molecule has 1 aromatic heterocycles. The average Bonchev–Trinajstić information content (AvgIpc) is 3.27. The molecule has 0 unspecified atom stereocenters. The maximum atomic E-state index is 13.0. The van der Waals surface area contributed by atoms with E-state index >= 15 is 0 Å². The molecule has 0 fully saturated rings. The van der Waals surface area contributed by atoms with Crippen molar-refractivity contribution >= 4 is 27.3 Å². The predicted octanol–water partition coefficient (Wildman–Crippen LogP) is 5.01. The van der Waals surface area contributed by atoms with E-state index in [9.17, 15) is 9.90 Å². The van der Waals surface area contributed by atoms with Crippen molar-refractivity contribution < 1.29 is 19.4 Å². The number of aliphatic hydroxyl groups excluding tert-OH is 1. The van der Waals surface area contributed by atoms with Crippen LogP contribution in [0.2, 0.25) is 0 Å². The lowest BCUT2D eigenvalue weighted by atomic mass is 9.80. The number of amides is 1. The van der Waals surface area contributed by atoms with Gasteiger partial charge in [-0.05, 0) is 60.2 Å². The molecule has 0 aliphatic carbocycles. The van der Waals surface area contributed by atoms with Crippen LogP contribution in [0.15, 0.2) is 71.8 Å². The Bertz CT molecular complexity index is 1080. The molecule has 1 aliphatic heterocycles. The van der Waals surface area contributed by atoms with Crippen molar-refractivity contribution in [1.82, 2.24) is 5.32 Å². The fourth-order valence-corrected chi connectivity index (χ4v) is 5.44. The van der Waals surface area contributed by atoms with E-state index in [4.69, 9.17) is 9.47 Å². The number of ether oxygens (including phenoxy) is 2. The second-order valence-electron chi connectivity index (χ2n) is 8.21. The molecular weight excluding hydrogens is 434 g/mol. The lowest BCUT2D eigenvalue weighted by Crippen LogP contribution is -2.39. The molecule has 1 aliphatic rings. The molecule has 0 radical (unpaired) electrons. The van der Waals surface area contributed by atoms with Crippen LogP contribution in [0.5, 0.6) is 0 Å². The molecule has 0 bridgehead atoms. The Hall–Kier alpha value is -2.67. The van der Waals surface area contributed by atoms with Crippen molar-refractivity contribution in [3.8, 4) is 0 Å². The Morgan fingerprint density at radius 1 is 1.15 bits per heavy atom. The monoisotopic (exact) mass is 465 g/mol. The topological polar surface area (TPSA) is 67.8 Å². The van der Waals surface area contributed by atoms with Gasteiger partial charge in [0.2, 0.25) is 6.29 Å². The van der Waals surface area contributed by atoms with Gasteiger partial charge in [-0.25, -0.2) is 0 Å². The Morgan fingerprint density at radius 2 is 1.94 bits per heavy atom. The van der Waals surface area contributed by atoms with Crippen molar-refractivity contribution in [3.05, 3.63) is 82.9 Å². The van der Waals surface area contributed by atoms with Crippen LogP contribution in [0.4, 0.5) is 0 Å². The van der Waals surface area contributed by atoms with E-state index in [2.05, 4.69) is 35.0 Å². The molecule has 0 spiro atoms. The zero-order valence-corrected chi connectivity index (χ0v) is 19.7. The summed E-state index contributed by atoms with van der Waals surface area (Å²) < 4.78 is 13.3. The molecule has 1 amide bonds. The normalized spacial score (nSPS) is 20.3. The van der Waals surface area contributed by atoms with Crippen molar-refractivity contribution in [2.75, 3.05) is 19.8 Å². The Kier molecular flexibility index (Phi) is 8.15. The van der Waals surface area contributed by atoms with Crippen LogP contribution in [0, 0.1) is 5.92 Å². The summed E-state index contributed by atoms with van der Waals surface area (Å²) in [5, 5.41) is 15.8. The number of nitrogens with one attached hydrogen (secondary N) is 1. The molecule has 2 N–H and O–H groups in total. The molecule has 2 aromatic carbocycles. The van der Waals surface area contributed by atoms with Crippen molar-refractivity contribution in [2.24, 2.45) is 5.92 Å². The Morgan fingerprint density at radius 3 is 2.73 bits per heavy atom. The number of aliphatic hydroxyl groups is 1. The van der Waals surface area contributed by atoms with Gasteiger partial charge in [0, 0.05) is 36.3 Å². The van der Waals surface area contributed by atoms with Gasteiger partial charge < -0.3 is 19.9 Å².